The van der Waals surface area contributed by atoms with Crippen LogP contribution in [0.25, 0.3) is 24.3 Å². The molecule has 0 N–H and O–H groups in total. The number of hydrogen-bond acceptors (Lipinski definition) is 0. The van der Waals surface area contributed by atoms with Gasteiger partial charge in [-0.1, -0.05) is 37.3 Å². The number of nitrogens with zero attached hydrogens (tertiary/aromatic N) is 1. The summed E-state index contributed by atoms with van der Waals surface area (Å²) in [6, 6.07) is 0. The molecular weight excluding hydrogens is 218 g/mol. The van der Waals surface area contributed by atoms with Gasteiger partial charge < -0.3 is 4.57 Å². The summed E-state index contributed by atoms with van der Waals surface area (Å²) in [7, 11) is 2.18. The summed E-state index contributed by atoms with van der Waals surface area (Å²) in [5.41, 5.74) is 3.13. The van der Waals surface area contributed by atoms with Gasteiger partial charge in [0.25, 0.3) is 0 Å². The van der Waals surface area contributed by atoms with Crippen molar-refractivity contribution in [2.45, 2.75) is 33.1 Å². The van der Waals surface area contributed by atoms with Crippen LogP contribution < -0.4 is 10.6 Å². The van der Waals surface area contributed by atoms with Crippen molar-refractivity contribution >= 4 is 24.3 Å². The number of hydrogen-bond donors (Lipinski definition) is 0. The minimum absolute atomic E-state index is 0.388. The van der Waals surface area contributed by atoms with Gasteiger partial charge in [-0.15, -0.1) is 0 Å². The maximum atomic E-state index is 2.40. The summed E-state index contributed by atoms with van der Waals surface area (Å²) in [5.74, 6) is 0. The van der Waals surface area contributed by atoms with Crippen LogP contribution >= 0.6 is 0 Å². The molecule has 1 heteroatoms. The van der Waals surface area contributed by atoms with E-state index in [9.17, 15) is 0 Å². The van der Waals surface area contributed by atoms with Crippen molar-refractivity contribution in [2.24, 2.45) is 12.5 Å². The molecule has 1 fully saturated rings. The first-order chi connectivity index (χ1) is 8.71. The van der Waals surface area contributed by atoms with E-state index >= 15 is 0 Å². The molecule has 18 heavy (non-hydrogen) atoms. The third kappa shape index (κ3) is 1.61. The summed E-state index contributed by atoms with van der Waals surface area (Å²) < 4.78 is 2.33. The first-order valence-electron chi connectivity index (χ1n) is 6.94. The Balaban J connectivity index is 2.30. The van der Waals surface area contributed by atoms with Gasteiger partial charge >= 0.3 is 0 Å². The SMILES string of the molecule is C/C=c1/c2c(n(C)/c1=C/CC)C=CC1(C=C2)CC1. The van der Waals surface area contributed by atoms with E-state index in [1.807, 2.05) is 0 Å². The van der Waals surface area contributed by atoms with Crippen molar-refractivity contribution in [3.05, 3.63) is 34.0 Å². The van der Waals surface area contributed by atoms with Gasteiger partial charge in [0.05, 0.1) is 0 Å². The fraction of sp³-hybridized carbons (Fsp3) is 0.412. The van der Waals surface area contributed by atoms with Gasteiger partial charge in [0.1, 0.15) is 0 Å². The summed E-state index contributed by atoms with van der Waals surface area (Å²) in [6.07, 6.45) is 17.7. The first kappa shape index (κ1) is 11.6. The van der Waals surface area contributed by atoms with Crippen LogP contribution in [0.3, 0.4) is 0 Å². The molecule has 0 aliphatic heterocycles. The van der Waals surface area contributed by atoms with E-state index in [0.717, 1.165) is 6.42 Å². The summed E-state index contributed by atoms with van der Waals surface area (Å²) in [5, 5.41) is 2.74. The highest BCUT2D eigenvalue weighted by molar-refractivity contribution is 5.69. The molecule has 0 aromatic carbocycles. The average molecular weight is 239 g/mol. The van der Waals surface area contributed by atoms with Crippen LogP contribution in [0.5, 0.6) is 0 Å². The van der Waals surface area contributed by atoms with E-state index in [1.165, 1.54) is 34.7 Å². The van der Waals surface area contributed by atoms with E-state index in [-0.39, 0.29) is 0 Å². The molecule has 1 nitrogen and oxygen atoms in total. The molecule has 0 unspecified atom stereocenters. The molecule has 3 rings (SSSR count). The van der Waals surface area contributed by atoms with Gasteiger partial charge in [0, 0.05) is 34.3 Å². The van der Waals surface area contributed by atoms with Crippen LogP contribution in [0.4, 0.5) is 0 Å². The molecule has 0 atom stereocenters. The van der Waals surface area contributed by atoms with E-state index in [1.54, 1.807) is 0 Å². The summed E-state index contributed by atoms with van der Waals surface area (Å²) >= 11 is 0. The second-order valence-electron chi connectivity index (χ2n) is 5.46. The molecule has 94 valence electrons. The third-order valence-corrected chi connectivity index (χ3v) is 4.23. The largest absolute Gasteiger partial charge is 0.344 e. The normalized spacial score (nSPS) is 21.5. The first-order valence-corrected chi connectivity index (χ1v) is 6.94. The zero-order valence-corrected chi connectivity index (χ0v) is 11.5. The smallest absolute Gasteiger partial charge is 0.0485 e. The highest BCUT2D eigenvalue weighted by atomic mass is 14.9. The molecule has 1 saturated carbocycles. The Morgan fingerprint density at radius 1 is 1.28 bits per heavy atom. The number of allylic oxidation sites excluding steroid dienone is 2. The van der Waals surface area contributed by atoms with Crippen LogP contribution in [0.15, 0.2) is 12.2 Å². The van der Waals surface area contributed by atoms with Crippen molar-refractivity contribution in [1.82, 2.24) is 4.57 Å². The predicted octanol–water partition coefficient (Wildman–Crippen LogP) is 2.84. The minimum Gasteiger partial charge on any atom is -0.344 e. The lowest BCUT2D eigenvalue weighted by atomic mass is 10.1. The molecule has 0 radical (unpaired) electrons. The Morgan fingerprint density at radius 2 is 2.00 bits per heavy atom. The van der Waals surface area contributed by atoms with Gasteiger partial charge in [-0.25, -0.2) is 0 Å². The lowest BCUT2D eigenvalue weighted by Gasteiger charge is -2.00. The topological polar surface area (TPSA) is 4.93 Å². The van der Waals surface area contributed by atoms with Crippen molar-refractivity contribution in [3.8, 4) is 0 Å². The van der Waals surface area contributed by atoms with E-state index in [0.29, 0.717) is 5.41 Å². The monoisotopic (exact) mass is 239 g/mol. The van der Waals surface area contributed by atoms with Gasteiger partial charge in [-0.2, -0.15) is 0 Å². The fourth-order valence-electron chi connectivity index (χ4n) is 2.91. The lowest BCUT2D eigenvalue weighted by Crippen LogP contribution is -2.28. The van der Waals surface area contributed by atoms with Gasteiger partial charge in [0.15, 0.2) is 0 Å². The molecule has 0 saturated heterocycles. The highest BCUT2D eigenvalue weighted by Crippen LogP contribution is 2.50. The van der Waals surface area contributed by atoms with Crippen molar-refractivity contribution in [2.75, 3.05) is 0 Å². The summed E-state index contributed by atoms with van der Waals surface area (Å²) in [4.78, 5) is 0. The zero-order chi connectivity index (χ0) is 12.8. The fourth-order valence-corrected chi connectivity index (χ4v) is 2.91. The number of rotatable bonds is 1. The molecule has 0 amide bonds. The standard InChI is InChI=1S/C17H21N/c1-4-6-15-13(5-2)14-7-9-17(11-12-17)10-8-16(14)18(15)3/h5-10H,4,11-12H2,1-3H3/b13-5-,15-6+. The number of aromatic nitrogens is 1. The van der Waals surface area contributed by atoms with E-state index in [4.69, 9.17) is 0 Å². The second kappa shape index (κ2) is 4.01. The number of fused-ring (bicyclic) bond motifs is 1. The molecule has 1 aromatic rings. The Bertz CT molecular complexity index is 649. The second-order valence-corrected chi connectivity index (χ2v) is 5.46. The molecule has 2 aliphatic rings. The van der Waals surface area contributed by atoms with Crippen molar-refractivity contribution < 1.29 is 0 Å². The van der Waals surface area contributed by atoms with Crippen LogP contribution in [-0.4, -0.2) is 4.57 Å². The molecule has 2 aliphatic carbocycles. The summed E-state index contributed by atoms with van der Waals surface area (Å²) in [6.45, 7) is 4.33. The Kier molecular flexibility index (Phi) is 2.58. The van der Waals surface area contributed by atoms with Crippen LogP contribution in [0.1, 0.15) is 44.4 Å². The lowest BCUT2D eigenvalue weighted by molar-refractivity contribution is 0.857. The van der Waals surface area contributed by atoms with Crippen molar-refractivity contribution in [1.29, 1.82) is 0 Å². The van der Waals surface area contributed by atoms with Crippen LogP contribution in [0, 0.1) is 5.41 Å². The molecule has 1 aromatic heterocycles. The van der Waals surface area contributed by atoms with Gasteiger partial charge in [0.2, 0.25) is 0 Å². The Morgan fingerprint density at radius 3 is 2.61 bits per heavy atom. The predicted molar refractivity (Wildman–Crippen MR) is 79.3 cm³/mol. The Hall–Kier alpha value is -1.50. The Labute approximate surface area is 109 Å². The average Bonchev–Trinajstić information content (AvgIpc) is 3.13. The maximum absolute atomic E-state index is 2.40. The molecular formula is C17H21N. The quantitative estimate of drug-likeness (QED) is 0.710. The van der Waals surface area contributed by atoms with Crippen molar-refractivity contribution in [3.63, 3.8) is 0 Å². The third-order valence-electron chi connectivity index (χ3n) is 4.23. The van der Waals surface area contributed by atoms with Gasteiger partial charge in [-0.3, -0.25) is 0 Å². The highest BCUT2D eigenvalue weighted by Gasteiger charge is 2.38. The zero-order valence-electron chi connectivity index (χ0n) is 11.5. The van der Waals surface area contributed by atoms with Crippen LogP contribution in [0.2, 0.25) is 0 Å². The van der Waals surface area contributed by atoms with Gasteiger partial charge in [-0.05, 0) is 32.3 Å². The maximum Gasteiger partial charge on any atom is 0.0485 e. The molecule has 0 bridgehead atoms. The molecule has 1 heterocycles. The molecule has 1 spiro atoms. The van der Waals surface area contributed by atoms with Crippen LogP contribution in [-0.2, 0) is 7.05 Å². The minimum atomic E-state index is 0.388. The van der Waals surface area contributed by atoms with E-state index < -0.39 is 0 Å². The van der Waals surface area contributed by atoms with E-state index in [2.05, 4.69) is 61.9 Å².